The van der Waals surface area contributed by atoms with Gasteiger partial charge >= 0.3 is 0 Å². The lowest BCUT2D eigenvalue weighted by atomic mass is 9.95. The molecule has 1 aromatic carbocycles. The van der Waals surface area contributed by atoms with Gasteiger partial charge in [0.25, 0.3) is 0 Å². The first-order valence-electron chi connectivity index (χ1n) is 11.4. The Balaban J connectivity index is 1.03. The van der Waals surface area contributed by atoms with Crippen molar-refractivity contribution in [2.75, 3.05) is 25.4 Å². The van der Waals surface area contributed by atoms with Gasteiger partial charge in [0.2, 0.25) is 0 Å². The van der Waals surface area contributed by atoms with Crippen LogP contribution in [0.2, 0.25) is 0 Å². The molecular formula is C24H27N7S2. The second kappa shape index (κ2) is 8.14. The molecule has 1 saturated carbocycles. The summed E-state index contributed by atoms with van der Waals surface area (Å²) in [6.45, 7) is 7.56. The van der Waals surface area contributed by atoms with Gasteiger partial charge in [0.1, 0.15) is 5.69 Å². The molecule has 1 unspecified atom stereocenters. The average Bonchev–Trinajstić information content (AvgIpc) is 3.08. The normalized spacial score (nSPS) is 22.2. The maximum Gasteiger partial charge on any atom is 0.191 e. The minimum Gasteiger partial charge on any atom is -0.304 e. The molecule has 9 heteroatoms. The molecule has 1 aliphatic heterocycles. The van der Waals surface area contributed by atoms with E-state index in [0.717, 1.165) is 52.0 Å². The highest BCUT2D eigenvalue weighted by atomic mass is 32.2. The molecule has 2 aliphatic rings. The van der Waals surface area contributed by atoms with E-state index in [1.807, 2.05) is 18.5 Å². The lowest BCUT2D eigenvalue weighted by Crippen LogP contribution is -2.27. The van der Waals surface area contributed by atoms with E-state index >= 15 is 0 Å². The minimum absolute atomic E-state index is 0.367. The molecule has 3 aromatic heterocycles. The smallest absolute Gasteiger partial charge is 0.191 e. The third kappa shape index (κ3) is 3.86. The fourth-order valence-electron chi connectivity index (χ4n) is 5.18. The van der Waals surface area contributed by atoms with Crippen LogP contribution in [0, 0.1) is 19.8 Å². The number of aromatic nitrogens is 6. The Hall–Kier alpha value is -2.36. The number of hydrogen-bond donors (Lipinski definition) is 0. The molecule has 0 bridgehead atoms. The van der Waals surface area contributed by atoms with Crippen LogP contribution in [-0.4, -0.2) is 60.0 Å². The van der Waals surface area contributed by atoms with E-state index in [4.69, 9.17) is 4.98 Å². The zero-order valence-electron chi connectivity index (χ0n) is 19.2. The monoisotopic (exact) mass is 477 g/mol. The Kier molecular flexibility index (Phi) is 5.23. The standard InChI is InChI=1S/C24H27N7S2/c1-15-11-26-20(12-25-15)22-28-29-23(30(22)3)32-8-4-7-31-13-18-10-24(18,14-31)17-5-6-21-19(9-17)27-16(2)33-21/h5-6,9,11-12,18H,4,7-8,10,13-14H2,1-3H3/t18?,24-/m1/s1. The largest absolute Gasteiger partial charge is 0.304 e. The van der Waals surface area contributed by atoms with E-state index in [-0.39, 0.29) is 0 Å². The summed E-state index contributed by atoms with van der Waals surface area (Å²) < 4.78 is 3.32. The van der Waals surface area contributed by atoms with Gasteiger partial charge in [-0.2, -0.15) is 0 Å². The molecule has 6 rings (SSSR count). The Morgan fingerprint density at radius 2 is 2.09 bits per heavy atom. The van der Waals surface area contributed by atoms with Crippen molar-refractivity contribution < 1.29 is 0 Å². The van der Waals surface area contributed by atoms with Crippen molar-refractivity contribution in [3.8, 4) is 11.5 Å². The highest BCUT2D eigenvalue weighted by Gasteiger charge is 2.60. The predicted molar refractivity (Wildman–Crippen MR) is 133 cm³/mol. The molecule has 1 aliphatic carbocycles. The number of thioether (sulfide) groups is 1. The van der Waals surface area contributed by atoms with E-state index in [2.05, 4.69) is 50.2 Å². The first-order chi connectivity index (χ1) is 16.0. The van der Waals surface area contributed by atoms with Gasteiger partial charge in [0, 0.05) is 37.5 Å². The summed E-state index contributed by atoms with van der Waals surface area (Å²) in [4.78, 5) is 16.1. The Morgan fingerprint density at radius 3 is 2.94 bits per heavy atom. The van der Waals surface area contributed by atoms with Gasteiger partial charge in [-0.05, 0) is 56.8 Å². The molecule has 0 N–H and O–H groups in total. The van der Waals surface area contributed by atoms with Crippen molar-refractivity contribution in [1.29, 1.82) is 0 Å². The van der Waals surface area contributed by atoms with Crippen LogP contribution in [0.4, 0.5) is 0 Å². The molecule has 7 nitrogen and oxygen atoms in total. The predicted octanol–water partition coefficient (Wildman–Crippen LogP) is 4.25. The van der Waals surface area contributed by atoms with Gasteiger partial charge in [-0.1, -0.05) is 17.8 Å². The summed E-state index contributed by atoms with van der Waals surface area (Å²) >= 11 is 3.56. The Morgan fingerprint density at radius 1 is 1.18 bits per heavy atom. The summed E-state index contributed by atoms with van der Waals surface area (Å²) in [5.41, 5.74) is 4.69. The van der Waals surface area contributed by atoms with E-state index in [9.17, 15) is 0 Å². The van der Waals surface area contributed by atoms with Crippen LogP contribution in [-0.2, 0) is 12.5 Å². The van der Waals surface area contributed by atoms with Crippen molar-refractivity contribution in [1.82, 2.24) is 34.6 Å². The summed E-state index contributed by atoms with van der Waals surface area (Å²) in [7, 11) is 2.00. The minimum atomic E-state index is 0.367. The number of hydrogen-bond acceptors (Lipinski definition) is 8. The molecule has 1 saturated heterocycles. The van der Waals surface area contributed by atoms with Crippen molar-refractivity contribution >= 4 is 33.3 Å². The Labute approximate surface area is 201 Å². The molecule has 4 aromatic rings. The summed E-state index contributed by atoms with van der Waals surface area (Å²) in [5, 5.41) is 10.8. The quantitative estimate of drug-likeness (QED) is 0.291. The van der Waals surface area contributed by atoms with Crippen LogP contribution in [0.15, 0.2) is 35.7 Å². The van der Waals surface area contributed by atoms with Crippen molar-refractivity contribution in [2.24, 2.45) is 13.0 Å². The molecule has 170 valence electrons. The average molecular weight is 478 g/mol. The first kappa shape index (κ1) is 21.2. The van der Waals surface area contributed by atoms with Crippen LogP contribution in [0.3, 0.4) is 0 Å². The number of piperidine rings is 1. The van der Waals surface area contributed by atoms with Gasteiger partial charge in [-0.3, -0.25) is 4.98 Å². The highest BCUT2D eigenvalue weighted by molar-refractivity contribution is 7.99. The molecule has 0 spiro atoms. The number of benzene rings is 1. The first-order valence-corrected chi connectivity index (χ1v) is 13.2. The third-order valence-corrected chi connectivity index (χ3v) is 9.04. The van der Waals surface area contributed by atoms with Gasteiger partial charge in [-0.25, -0.2) is 9.97 Å². The SMILES string of the molecule is Cc1cnc(-c2nnc(SCCCN3CC4C[C@]4(c4ccc5sc(C)nc5c4)C3)n2C)cn1. The summed E-state index contributed by atoms with van der Waals surface area (Å²) in [6, 6.07) is 6.97. The molecule has 4 heterocycles. The molecule has 2 fully saturated rings. The van der Waals surface area contributed by atoms with Gasteiger partial charge in [0.15, 0.2) is 11.0 Å². The second-order valence-electron chi connectivity index (χ2n) is 9.32. The number of likely N-dealkylation sites (tertiary alicyclic amines) is 1. The van der Waals surface area contributed by atoms with Crippen molar-refractivity contribution in [2.45, 2.75) is 37.3 Å². The molecule has 0 amide bonds. The maximum atomic E-state index is 4.72. The fraction of sp³-hybridized carbons (Fsp3) is 0.458. The van der Waals surface area contributed by atoms with Gasteiger partial charge < -0.3 is 9.47 Å². The van der Waals surface area contributed by atoms with E-state index < -0.39 is 0 Å². The van der Waals surface area contributed by atoms with Crippen LogP contribution in [0.5, 0.6) is 0 Å². The van der Waals surface area contributed by atoms with E-state index in [1.54, 1.807) is 35.5 Å². The molecule has 0 radical (unpaired) electrons. The second-order valence-corrected chi connectivity index (χ2v) is 11.6. The van der Waals surface area contributed by atoms with E-state index in [0.29, 0.717) is 5.41 Å². The molecule has 2 atom stereocenters. The summed E-state index contributed by atoms with van der Waals surface area (Å²) in [5.74, 6) is 2.60. The number of fused-ring (bicyclic) bond motifs is 2. The lowest BCUT2D eigenvalue weighted by Gasteiger charge is -2.21. The molecular weight excluding hydrogens is 450 g/mol. The van der Waals surface area contributed by atoms with Crippen LogP contribution >= 0.6 is 23.1 Å². The van der Waals surface area contributed by atoms with Crippen LogP contribution < -0.4 is 0 Å². The number of nitrogens with zero attached hydrogens (tertiary/aromatic N) is 7. The van der Waals surface area contributed by atoms with Crippen molar-refractivity contribution in [3.05, 3.63) is 46.9 Å². The number of thiazole rings is 1. The molecule has 33 heavy (non-hydrogen) atoms. The lowest BCUT2D eigenvalue weighted by molar-refractivity contribution is 0.299. The van der Waals surface area contributed by atoms with Gasteiger partial charge in [-0.15, -0.1) is 21.5 Å². The number of rotatable bonds is 7. The zero-order chi connectivity index (χ0) is 22.6. The highest BCUT2D eigenvalue weighted by Crippen LogP contribution is 2.59. The van der Waals surface area contributed by atoms with Gasteiger partial charge in [0.05, 0.1) is 27.1 Å². The van der Waals surface area contributed by atoms with E-state index in [1.165, 1.54) is 35.3 Å². The third-order valence-electron chi connectivity index (χ3n) is 6.98. The van der Waals surface area contributed by atoms with Crippen molar-refractivity contribution in [3.63, 3.8) is 0 Å². The van der Waals surface area contributed by atoms with Crippen LogP contribution in [0.25, 0.3) is 21.7 Å². The summed E-state index contributed by atoms with van der Waals surface area (Å²) in [6.07, 6.45) is 6.00. The zero-order valence-corrected chi connectivity index (χ0v) is 20.8. The number of aryl methyl sites for hydroxylation is 2. The van der Waals surface area contributed by atoms with Crippen LogP contribution in [0.1, 0.15) is 29.1 Å². The Bertz CT molecular complexity index is 1310. The maximum absolute atomic E-state index is 4.72. The topological polar surface area (TPSA) is 72.6 Å². The fourth-order valence-corrected chi connectivity index (χ4v) is 6.82.